The Morgan fingerprint density at radius 1 is 1.14 bits per heavy atom. The second kappa shape index (κ2) is 6.80. The quantitative estimate of drug-likeness (QED) is 0.923. The first-order valence-corrected chi connectivity index (χ1v) is 8.43. The third kappa shape index (κ3) is 3.09. The minimum Gasteiger partial charge on any atom is -0.497 e. The molecule has 1 aliphatic heterocycles. The number of nitrogens with zero attached hydrogens (tertiary/aromatic N) is 1. The first-order chi connectivity index (χ1) is 10.3. The molecule has 2 aliphatic rings. The van der Waals surface area contributed by atoms with E-state index in [0.29, 0.717) is 12.6 Å². The number of likely N-dealkylation sites (tertiary alicyclic amines) is 1. The van der Waals surface area contributed by atoms with E-state index in [1.54, 1.807) is 7.11 Å². The van der Waals surface area contributed by atoms with Gasteiger partial charge in [-0.15, -0.1) is 0 Å². The zero-order valence-corrected chi connectivity index (χ0v) is 13.1. The van der Waals surface area contributed by atoms with E-state index in [0.717, 1.165) is 17.7 Å². The van der Waals surface area contributed by atoms with E-state index in [1.165, 1.54) is 50.6 Å². The summed E-state index contributed by atoms with van der Waals surface area (Å²) < 4.78 is 5.27. The van der Waals surface area contributed by atoms with Crippen LogP contribution in [-0.4, -0.2) is 31.1 Å². The smallest absolute Gasteiger partial charge is 0.118 e. The molecule has 0 aromatic heterocycles. The fraction of sp³-hybridized carbons (Fsp3) is 0.667. The van der Waals surface area contributed by atoms with Crippen LogP contribution < -0.4 is 10.5 Å². The molecule has 0 amide bonds. The van der Waals surface area contributed by atoms with Crippen LogP contribution >= 0.6 is 0 Å². The zero-order valence-electron chi connectivity index (χ0n) is 13.1. The second-order valence-electron chi connectivity index (χ2n) is 6.52. The van der Waals surface area contributed by atoms with Crippen LogP contribution in [-0.2, 0) is 0 Å². The number of ether oxygens (including phenoxy) is 1. The lowest BCUT2D eigenvalue weighted by Gasteiger charge is -2.47. The van der Waals surface area contributed by atoms with Crippen molar-refractivity contribution < 1.29 is 4.74 Å². The van der Waals surface area contributed by atoms with Crippen molar-refractivity contribution in [3.05, 3.63) is 29.8 Å². The van der Waals surface area contributed by atoms with Gasteiger partial charge in [-0.05, 0) is 55.8 Å². The number of hydrogen-bond donors (Lipinski definition) is 1. The van der Waals surface area contributed by atoms with E-state index in [4.69, 9.17) is 10.5 Å². The number of methoxy groups -OCH3 is 1. The van der Waals surface area contributed by atoms with Gasteiger partial charge in [-0.25, -0.2) is 0 Å². The molecule has 2 N–H and O–H groups in total. The fourth-order valence-corrected chi connectivity index (χ4v) is 4.34. The van der Waals surface area contributed by atoms with Crippen molar-refractivity contribution in [1.82, 2.24) is 4.90 Å². The lowest BCUT2D eigenvalue weighted by molar-refractivity contribution is 0.0276. The Hall–Kier alpha value is -1.06. The standard InChI is InChI=1S/C18H28N2O/c1-21-16-10-8-15(9-11-16)18(13-19)20-12-4-6-14-5-2-3-7-17(14)20/h8-11,14,17-18H,2-7,12-13,19H2,1H3. The molecule has 3 atom stereocenters. The number of fused-ring (bicyclic) bond motifs is 1. The summed E-state index contributed by atoms with van der Waals surface area (Å²) in [6.45, 7) is 1.91. The van der Waals surface area contributed by atoms with E-state index < -0.39 is 0 Å². The van der Waals surface area contributed by atoms with Crippen LogP contribution in [0, 0.1) is 5.92 Å². The molecule has 2 fully saturated rings. The molecule has 0 radical (unpaired) electrons. The highest BCUT2D eigenvalue weighted by molar-refractivity contribution is 5.29. The van der Waals surface area contributed by atoms with E-state index in [2.05, 4.69) is 29.2 Å². The molecule has 1 aromatic carbocycles. The lowest BCUT2D eigenvalue weighted by Crippen LogP contribution is -2.49. The van der Waals surface area contributed by atoms with Crippen molar-refractivity contribution >= 4 is 0 Å². The van der Waals surface area contributed by atoms with Crippen molar-refractivity contribution in [2.75, 3.05) is 20.2 Å². The van der Waals surface area contributed by atoms with E-state index in [1.807, 2.05) is 0 Å². The maximum atomic E-state index is 6.16. The summed E-state index contributed by atoms with van der Waals surface area (Å²) in [6, 6.07) is 9.59. The normalized spacial score (nSPS) is 27.9. The average molecular weight is 288 g/mol. The van der Waals surface area contributed by atoms with Gasteiger partial charge in [-0.2, -0.15) is 0 Å². The summed E-state index contributed by atoms with van der Waals surface area (Å²) in [6.07, 6.45) is 8.33. The van der Waals surface area contributed by atoms with Crippen LogP contribution in [0.3, 0.4) is 0 Å². The maximum absolute atomic E-state index is 6.16. The van der Waals surface area contributed by atoms with E-state index >= 15 is 0 Å². The van der Waals surface area contributed by atoms with Gasteiger partial charge in [0.2, 0.25) is 0 Å². The highest BCUT2D eigenvalue weighted by atomic mass is 16.5. The SMILES string of the molecule is COc1ccc(C(CN)N2CCCC3CCCCC32)cc1. The Balaban J connectivity index is 1.80. The molecular formula is C18H28N2O. The van der Waals surface area contributed by atoms with Gasteiger partial charge in [0.25, 0.3) is 0 Å². The molecule has 21 heavy (non-hydrogen) atoms. The van der Waals surface area contributed by atoms with Gasteiger partial charge in [0, 0.05) is 18.6 Å². The number of piperidine rings is 1. The molecule has 3 rings (SSSR count). The van der Waals surface area contributed by atoms with Crippen LogP contribution in [0.4, 0.5) is 0 Å². The molecule has 0 spiro atoms. The predicted molar refractivity (Wildman–Crippen MR) is 86.5 cm³/mol. The van der Waals surface area contributed by atoms with Crippen molar-refractivity contribution in [1.29, 1.82) is 0 Å². The molecule has 1 saturated carbocycles. The summed E-state index contributed by atoms with van der Waals surface area (Å²) >= 11 is 0. The van der Waals surface area contributed by atoms with Crippen molar-refractivity contribution in [3.8, 4) is 5.75 Å². The number of benzene rings is 1. The van der Waals surface area contributed by atoms with Crippen molar-refractivity contribution in [3.63, 3.8) is 0 Å². The van der Waals surface area contributed by atoms with Gasteiger partial charge in [0.1, 0.15) is 5.75 Å². The van der Waals surface area contributed by atoms with Gasteiger partial charge < -0.3 is 10.5 Å². The predicted octanol–water partition coefficient (Wildman–Crippen LogP) is 3.35. The monoisotopic (exact) mass is 288 g/mol. The van der Waals surface area contributed by atoms with Crippen molar-refractivity contribution in [2.45, 2.75) is 50.6 Å². The van der Waals surface area contributed by atoms with E-state index in [-0.39, 0.29) is 0 Å². The van der Waals surface area contributed by atoms with Crippen LogP contribution in [0.2, 0.25) is 0 Å². The fourth-order valence-electron chi connectivity index (χ4n) is 4.34. The van der Waals surface area contributed by atoms with Crippen LogP contribution in [0.25, 0.3) is 0 Å². The molecule has 1 aromatic rings. The average Bonchev–Trinajstić information content (AvgIpc) is 2.56. The molecule has 1 heterocycles. The molecule has 3 heteroatoms. The molecule has 116 valence electrons. The third-order valence-electron chi connectivity index (χ3n) is 5.41. The molecule has 0 bridgehead atoms. The third-order valence-corrected chi connectivity index (χ3v) is 5.41. The summed E-state index contributed by atoms with van der Waals surface area (Å²) in [5.74, 6) is 1.82. The van der Waals surface area contributed by atoms with Gasteiger partial charge >= 0.3 is 0 Å². The molecule has 3 nitrogen and oxygen atoms in total. The van der Waals surface area contributed by atoms with Crippen molar-refractivity contribution in [2.24, 2.45) is 11.7 Å². The summed E-state index contributed by atoms with van der Waals surface area (Å²) in [5.41, 5.74) is 7.49. The Morgan fingerprint density at radius 2 is 1.86 bits per heavy atom. The van der Waals surface area contributed by atoms with Gasteiger partial charge in [0.05, 0.1) is 7.11 Å². The second-order valence-corrected chi connectivity index (χ2v) is 6.52. The maximum Gasteiger partial charge on any atom is 0.118 e. The molecular weight excluding hydrogens is 260 g/mol. The Labute approximate surface area is 128 Å². The van der Waals surface area contributed by atoms with Gasteiger partial charge in [-0.1, -0.05) is 25.0 Å². The first kappa shape index (κ1) is 14.9. The minimum atomic E-state index is 0.363. The molecule has 1 saturated heterocycles. The van der Waals surface area contributed by atoms with E-state index in [9.17, 15) is 0 Å². The van der Waals surface area contributed by atoms with Crippen LogP contribution in [0.5, 0.6) is 5.75 Å². The summed E-state index contributed by atoms with van der Waals surface area (Å²) in [4.78, 5) is 2.70. The summed E-state index contributed by atoms with van der Waals surface area (Å²) in [7, 11) is 1.71. The number of rotatable bonds is 4. The minimum absolute atomic E-state index is 0.363. The first-order valence-electron chi connectivity index (χ1n) is 8.43. The topological polar surface area (TPSA) is 38.5 Å². The van der Waals surface area contributed by atoms with Gasteiger partial charge in [0.15, 0.2) is 0 Å². The Bertz CT molecular complexity index is 443. The lowest BCUT2D eigenvalue weighted by atomic mass is 9.77. The highest BCUT2D eigenvalue weighted by Crippen LogP contribution is 2.39. The largest absolute Gasteiger partial charge is 0.497 e. The zero-order chi connectivity index (χ0) is 14.7. The molecule has 1 aliphatic carbocycles. The van der Waals surface area contributed by atoms with Gasteiger partial charge in [-0.3, -0.25) is 4.90 Å². The number of hydrogen-bond acceptors (Lipinski definition) is 3. The Morgan fingerprint density at radius 3 is 2.57 bits per heavy atom. The molecule has 3 unspecified atom stereocenters. The Kier molecular flexibility index (Phi) is 4.81. The number of nitrogens with two attached hydrogens (primary N) is 1. The van der Waals surface area contributed by atoms with Crippen LogP contribution in [0.15, 0.2) is 24.3 Å². The highest BCUT2D eigenvalue weighted by Gasteiger charge is 2.36. The van der Waals surface area contributed by atoms with Crippen LogP contribution in [0.1, 0.15) is 50.1 Å². The summed E-state index contributed by atoms with van der Waals surface area (Å²) in [5, 5.41) is 0.